The average molecular weight is 668 g/mol. The molecule has 248 valence electrons. The highest BCUT2D eigenvalue weighted by Crippen LogP contribution is 2.53. The van der Waals surface area contributed by atoms with Gasteiger partial charge in [0.25, 0.3) is 0 Å². The Hall–Kier alpha value is -6.38. The molecular formula is C50H37NO. The maximum atomic E-state index is 6.55. The molecule has 0 unspecified atom stereocenters. The fourth-order valence-corrected chi connectivity index (χ4v) is 8.68. The predicted molar refractivity (Wildman–Crippen MR) is 221 cm³/mol. The number of hydrogen-bond acceptors (Lipinski definition) is 1. The summed E-state index contributed by atoms with van der Waals surface area (Å²) in [4.78, 5) is 0. The second-order valence-corrected chi connectivity index (χ2v) is 14.5. The van der Waals surface area contributed by atoms with E-state index in [0.717, 1.165) is 33.4 Å². The molecule has 0 aliphatic heterocycles. The first kappa shape index (κ1) is 30.4. The molecule has 2 heterocycles. The minimum absolute atomic E-state index is 0.179. The number of benzene rings is 7. The molecule has 0 radical (unpaired) electrons. The molecule has 9 aromatic rings. The van der Waals surface area contributed by atoms with Gasteiger partial charge in [0.15, 0.2) is 0 Å². The molecule has 0 spiro atoms. The zero-order chi connectivity index (χ0) is 35.1. The number of nitrogens with zero attached hydrogens (tertiary/aromatic N) is 1. The standard InChI is InChI=1S/C50H37NO/c1-5-32(36-18-12-14-33-13-6-7-15-37(33)36)22-21-31(2)34-23-28-46-42(29-34)38-16-8-10-19-45(38)51(46)35-24-25-41-44(30-35)50(3,4)43-27-26-40-39-17-9-11-20-47(39)52-49(40)48(41)43/h5-30H,2H2,1,3-4H3/b22-21-,32-5+. The van der Waals surface area contributed by atoms with Crippen LogP contribution in [0.25, 0.3) is 82.5 Å². The van der Waals surface area contributed by atoms with Crippen molar-refractivity contribution in [2.75, 3.05) is 0 Å². The Morgan fingerprint density at radius 2 is 1.38 bits per heavy atom. The number of allylic oxidation sites excluding steroid dienone is 5. The van der Waals surface area contributed by atoms with Crippen LogP contribution in [0.5, 0.6) is 0 Å². The number of rotatable bonds is 5. The molecule has 0 amide bonds. The molecule has 0 bridgehead atoms. The van der Waals surface area contributed by atoms with Crippen LogP contribution >= 0.6 is 0 Å². The van der Waals surface area contributed by atoms with Gasteiger partial charge >= 0.3 is 0 Å². The molecule has 0 saturated heterocycles. The largest absolute Gasteiger partial charge is 0.455 e. The molecule has 0 atom stereocenters. The molecule has 2 aromatic heterocycles. The third kappa shape index (κ3) is 4.37. The van der Waals surface area contributed by atoms with Gasteiger partial charge in [-0.2, -0.15) is 0 Å². The Kier molecular flexibility index (Phi) is 6.62. The van der Waals surface area contributed by atoms with Crippen LogP contribution in [0.2, 0.25) is 0 Å². The smallest absolute Gasteiger partial charge is 0.143 e. The lowest BCUT2D eigenvalue weighted by molar-refractivity contribution is 0.653. The normalized spacial score (nSPS) is 13.9. The number of furan rings is 1. The monoisotopic (exact) mass is 667 g/mol. The lowest BCUT2D eigenvalue weighted by Gasteiger charge is -2.22. The first-order chi connectivity index (χ1) is 25.4. The highest BCUT2D eigenvalue weighted by molar-refractivity contribution is 6.13. The van der Waals surface area contributed by atoms with E-state index < -0.39 is 0 Å². The van der Waals surface area contributed by atoms with Gasteiger partial charge in [0.1, 0.15) is 11.2 Å². The van der Waals surface area contributed by atoms with Crippen LogP contribution in [-0.4, -0.2) is 4.57 Å². The fourth-order valence-electron chi connectivity index (χ4n) is 8.68. The Balaban J connectivity index is 1.06. The van der Waals surface area contributed by atoms with Crippen LogP contribution in [0, 0.1) is 0 Å². The maximum Gasteiger partial charge on any atom is 0.143 e. The molecule has 7 aromatic carbocycles. The summed E-state index contributed by atoms with van der Waals surface area (Å²) in [5.74, 6) is 0. The summed E-state index contributed by atoms with van der Waals surface area (Å²) < 4.78 is 8.97. The first-order valence-electron chi connectivity index (χ1n) is 18.1. The summed E-state index contributed by atoms with van der Waals surface area (Å²) in [5, 5.41) is 7.28. The number of para-hydroxylation sites is 2. The van der Waals surface area contributed by atoms with Gasteiger partial charge in [-0.1, -0.05) is 142 Å². The first-order valence-corrected chi connectivity index (χ1v) is 18.1. The molecule has 2 heteroatoms. The molecule has 1 aliphatic carbocycles. The average Bonchev–Trinajstić information content (AvgIpc) is 3.80. The van der Waals surface area contributed by atoms with Crippen LogP contribution in [0.4, 0.5) is 0 Å². The summed E-state index contributed by atoms with van der Waals surface area (Å²) in [7, 11) is 0. The van der Waals surface area contributed by atoms with E-state index in [2.05, 4.69) is 184 Å². The zero-order valence-corrected chi connectivity index (χ0v) is 29.6. The summed E-state index contributed by atoms with van der Waals surface area (Å²) in [6, 6.07) is 50.5. The number of fused-ring (bicyclic) bond motifs is 11. The van der Waals surface area contributed by atoms with E-state index in [1.807, 2.05) is 6.07 Å². The van der Waals surface area contributed by atoms with E-state index in [1.165, 1.54) is 71.4 Å². The van der Waals surface area contributed by atoms with Gasteiger partial charge in [-0.3, -0.25) is 0 Å². The van der Waals surface area contributed by atoms with Gasteiger partial charge in [0.2, 0.25) is 0 Å². The Labute approximate surface area is 303 Å². The third-order valence-corrected chi connectivity index (χ3v) is 11.3. The SMILES string of the molecule is C=C(/C=C\C(=C/C)c1cccc2ccccc12)c1ccc2c(c1)c1ccccc1n2-c1ccc2c(c1)C(C)(C)c1ccc3c(oc4ccccc43)c1-2. The van der Waals surface area contributed by atoms with E-state index >= 15 is 0 Å². The second-order valence-electron chi connectivity index (χ2n) is 14.5. The summed E-state index contributed by atoms with van der Waals surface area (Å²) in [6.07, 6.45) is 6.52. The van der Waals surface area contributed by atoms with Crippen molar-refractivity contribution in [3.63, 3.8) is 0 Å². The number of aromatic nitrogens is 1. The van der Waals surface area contributed by atoms with E-state index in [4.69, 9.17) is 4.42 Å². The van der Waals surface area contributed by atoms with Gasteiger partial charge in [0.05, 0.1) is 11.0 Å². The van der Waals surface area contributed by atoms with E-state index in [-0.39, 0.29) is 5.41 Å². The Morgan fingerprint density at radius 1 is 0.635 bits per heavy atom. The fraction of sp³-hybridized carbons (Fsp3) is 0.0800. The molecule has 1 aliphatic rings. The summed E-state index contributed by atoms with van der Waals surface area (Å²) in [6.45, 7) is 11.3. The van der Waals surface area contributed by atoms with Crippen LogP contribution < -0.4 is 0 Å². The van der Waals surface area contributed by atoms with Gasteiger partial charge in [-0.05, 0) is 93.1 Å². The van der Waals surface area contributed by atoms with Crippen molar-refractivity contribution in [1.29, 1.82) is 0 Å². The van der Waals surface area contributed by atoms with Crippen molar-refractivity contribution in [3.05, 3.63) is 187 Å². The molecule has 2 nitrogen and oxygen atoms in total. The molecule has 0 saturated carbocycles. The van der Waals surface area contributed by atoms with Crippen molar-refractivity contribution in [2.45, 2.75) is 26.2 Å². The van der Waals surface area contributed by atoms with Crippen molar-refractivity contribution in [3.8, 4) is 16.8 Å². The van der Waals surface area contributed by atoms with Gasteiger partial charge < -0.3 is 8.98 Å². The van der Waals surface area contributed by atoms with Gasteiger partial charge in [0, 0.05) is 38.2 Å². The predicted octanol–water partition coefficient (Wildman–Crippen LogP) is 13.8. The van der Waals surface area contributed by atoms with Crippen molar-refractivity contribution >= 4 is 65.7 Å². The summed E-state index contributed by atoms with van der Waals surface area (Å²) >= 11 is 0. The molecular weight excluding hydrogens is 631 g/mol. The van der Waals surface area contributed by atoms with Crippen LogP contribution in [0.15, 0.2) is 169 Å². The van der Waals surface area contributed by atoms with E-state index in [1.54, 1.807) is 0 Å². The van der Waals surface area contributed by atoms with Crippen molar-refractivity contribution < 1.29 is 4.42 Å². The highest BCUT2D eigenvalue weighted by atomic mass is 16.3. The maximum absolute atomic E-state index is 6.55. The minimum Gasteiger partial charge on any atom is -0.455 e. The Morgan fingerprint density at radius 3 is 2.25 bits per heavy atom. The molecule has 10 rings (SSSR count). The lowest BCUT2D eigenvalue weighted by atomic mass is 9.82. The highest BCUT2D eigenvalue weighted by Gasteiger charge is 2.38. The quantitative estimate of drug-likeness (QED) is 0.167. The second kappa shape index (κ2) is 11.3. The van der Waals surface area contributed by atoms with Crippen LogP contribution in [0.1, 0.15) is 43.0 Å². The molecule has 0 N–H and O–H groups in total. The van der Waals surface area contributed by atoms with Crippen molar-refractivity contribution in [2.24, 2.45) is 0 Å². The van der Waals surface area contributed by atoms with Crippen LogP contribution in [0.3, 0.4) is 0 Å². The minimum atomic E-state index is -0.179. The molecule has 52 heavy (non-hydrogen) atoms. The molecule has 0 fully saturated rings. The topological polar surface area (TPSA) is 18.1 Å². The lowest BCUT2D eigenvalue weighted by Crippen LogP contribution is -2.15. The van der Waals surface area contributed by atoms with Crippen molar-refractivity contribution in [1.82, 2.24) is 4.57 Å². The van der Waals surface area contributed by atoms with Gasteiger partial charge in [-0.15, -0.1) is 0 Å². The van der Waals surface area contributed by atoms with Crippen LogP contribution in [-0.2, 0) is 5.41 Å². The number of hydrogen-bond donors (Lipinski definition) is 0. The third-order valence-electron chi connectivity index (χ3n) is 11.3. The van der Waals surface area contributed by atoms with E-state index in [9.17, 15) is 0 Å². The summed E-state index contributed by atoms with van der Waals surface area (Å²) in [5.41, 5.74) is 14.9. The van der Waals surface area contributed by atoms with Gasteiger partial charge in [-0.25, -0.2) is 0 Å². The van der Waals surface area contributed by atoms with E-state index in [0.29, 0.717) is 0 Å². The Bertz CT molecular complexity index is 3010. The zero-order valence-electron chi connectivity index (χ0n) is 29.6.